The average Bonchev–Trinajstić information content (AvgIpc) is 3.02. The van der Waals surface area contributed by atoms with E-state index in [0.717, 1.165) is 19.5 Å². The van der Waals surface area contributed by atoms with E-state index in [1.165, 1.54) is 56.6 Å². The lowest BCUT2D eigenvalue weighted by Crippen LogP contribution is -2.77. The van der Waals surface area contributed by atoms with E-state index in [-0.39, 0.29) is 23.4 Å². The summed E-state index contributed by atoms with van der Waals surface area (Å²) in [6, 6.07) is 11.3. The normalized spacial score (nSPS) is 19.5. The highest BCUT2D eigenvalue weighted by molar-refractivity contribution is 6.99. The molecular formula is C29H54BNO2Si. The number of rotatable bonds is 15. The van der Waals surface area contributed by atoms with Gasteiger partial charge >= 0.3 is 7.12 Å². The fraction of sp³-hybridized carbons (Fsp3) is 0.793. The van der Waals surface area contributed by atoms with Crippen LogP contribution in [0.3, 0.4) is 0 Å². The molecule has 1 aromatic rings. The van der Waals surface area contributed by atoms with Crippen molar-refractivity contribution >= 4 is 20.4 Å². The second kappa shape index (κ2) is 12.6. The van der Waals surface area contributed by atoms with Crippen molar-refractivity contribution in [3.05, 3.63) is 30.3 Å². The molecule has 0 amide bonds. The Hall–Kier alpha value is -0.618. The zero-order chi connectivity index (χ0) is 25.5. The molecule has 194 valence electrons. The molecule has 34 heavy (non-hydrogen) atoms. The van der Waals surface area contributed by atoms with Crippen LogP contribution < -0.4 is 5.19 Å². The molecule has 2 rings (SSSR count). The van der Waals surface area contributed by atoms with Gasteiger partial charge in [0.2, 0.25) is 0 Å². The quantitative estimate of drug-likeness (QED) is 0.190. The molecule has 1 aromatic carbocycles. The lowest BCUT2D eigenvalue weighted by molar-refractivity contribution is 0.00578. The van der Waals surface area contributed by atoms with Crippen LogP contribution in [-0.2, 0) is 9.31 Å². The molecule has 0 bridgehead atoms. The van der Waals surface area contributed by atoms with E-state index in [1.54, 1.807) is 0 Å². The summed E-state index contributed by atoms with van der Waals surface area (Å²) in [4.78, 5) is 2.70. The average molecular weight is 488 g/mol. The summed E-state index contributed by atoms with van der Waals surface area (Å²) in [5.41, 5.74) is -0.646. The molecule has 1 saturated heterocycles. The Balaban J connectivity index is 2.40. The lowest BCUT2D eigenvalue weighted by Gasteiger charge is -2.53. The molecule has 1 unspecified atom stereocenters. The lowest BCUT2D eigenvalue weighted by atomic mass is 9.72. The van der Waals surface area contributed by atoms with E-state index >= 15 is 0 Å². The maximum absolute atomic E-state index is 6.92. The second-order valence-corrected chi connectivity index (χ2v) is 16.6. The van der Waals surface area contributed by atoms with Crippen molar-refractivity contribution in [3.63, 3.8) is 0 Å². The highest BCUT2D eigenvalue weighted by atomic mass is 28.3. The minimum Gasteiger partial charge on any atom is -0.402 e. The molecule has 3 nitrogen and oxygen atoms in total. The standard InChI is InChI=1S/C29H54BNO2Si/c1-10-13-14-15-16-17-18-22-25-29(31(11-2)12-3,30-32-27(4,5)28(6,7)33-30)34(8,9)26-23-20-19-21-24-26/h19-21,23-24H,10-18,22,25H2,1-9H3. The molecule has 0 radical (unpaired) electrons. The van der Waals surface area contributed by atoms with Gasteiger partial charge in [-0.05, 0) is 47.2 Å². The van der Waals surface area contributed by atoms with Crippen molar-refractivity contribution in [2.24, 2.45) is 0 Å². The minimum atomic E-state index is -2.06. The van der Waals surface area contributed by atoms with Gasteiger partial charge in [0.1, 0.15) is 8.07 Å². The van der Waals surface area contributed by atoms with Crippen LogP contribution in [0.15, 0.2) is 30.3 Å². The zero-order valence-corrected chi connectivity index (χ0v) is 25.0. The summed E-state index contributed by atoms with van der Waals surface area (Å²) < 4.78 is 13.8. The van der Waals surface area contributed by atoms with Gasteiger partial charge in [-0.15, -0.1) is 0 Å². The molecule has 0 aliphatic carbocycles. The molecule has 0 N–H and O–H groups in total. The van der Waals surface area contributed by atoms with E-state index < -0.39 is 8.07 Å². The fourth-order valence-corrected chi connectivity index (χ4v) is 10.0. The van der Waals surface area contributed by atoms with E-state index in [0.29, 0.717) is 0 Å². The van der Waals surface area contributed by atoms with Crippen molar-refractivity contribution in [1.82, 2.24) is 4.90 Å². The second-order valence-electron chi connectivity index (χ2n) is 11.9. The molecule has 1 aliphatic heterocycles. The third kappa shape index (κ3) is 6.19. The predicted octanol–water partition coefficient (Wildman–Crippen LogP) is 7.38. The third-order valence-electron chi connectivity index (χ3n) is 8.96. The van der Waals surface area contributed by atoms with Gasteiger partial charge in [0.05, 0.1) is 16.3 Å². The van der Waals surface area contributed by atoms with Gasteiger partial charge in [0, 0.05) is 0 Å². The number of unbranched alkanes of at least 4 members (excludes halogenated alkanes) is 7. The minimum absolute atomic E-state index is 0.120. The molecular weight excluding hydrogens is 433 g/mol. The maximum Gasteiger partial charge on any atom is 0.476 e. The Bertz CT molecular complexity index is 704. The van der Waals surface area contributed by atoms with Crippen molar-refractivity contribution in [2.45, 2.75) is 136 Å². The Labute approximate surface area is 213 Å². The number of benzene rings is 1. The Morgan fingerprint density at radius 1 is 0.765 bits per heavy atom. The Morgan fingerprint density at radius 3 is 1.71 bits per heavy atom. The predicted molar refractivity (Wildman–Crippen MR) is 153 cm³/mol. The van der Waals surface area contributed by atoms with Crippen LogP contribution in [0.4, 0.5) is 0 Å². The molecule has 1 fully saturated rings. The van der Waals surface area contributed by atoms with Gasteiger partial charge in [-0.25, -0.2) is 0 Å². The van der Waals surface area contributed by atoms with Gasteiger partial charge < -0.3 is 14.2 Å². The monoisotopic (exact) mass is 487 g/mol. The van der Waals surface area contributed by atoms with Crippen molar-refractivity contribution < 1.29 is 9.31 Å². The summed E-state index contributed by atoms with van der Waals surface area (Å²) in [5.74, 6) is 0. The van der Waals surface area contributed by atoms with E-state index in [4.69, 9.17) is 9.31 Å². The van der Waals surface area contributed by atoms with Crippen molar-refractivity contribution in [3.8, 4) is 0 Å². The van der Waals surface area contributed by atoms with Gasteiger partial charge in [-0.2, -0.15) is 0 Å². The first-order valence-electron chi connectivity index (χ1n) is 14.2. The summed E-state index contributed by atoms with van der Waals surface area (Å²) in [7, 11) is -2.28. The first-order valence-corrected chi connectivity index (χ1v) is 17.2. The summed E-state index contributed by atoms with van der Waals surface area (Å²) in [5, 5.41) is 1.38. The van der Waals surface area contributed by atoms with Crippen LogP contribution in [0, 0.1) is 0 Å². The molecule has 0 aromatic heterocycles. The van der Waals surface area contributed by atoms with Crippen molar-refractivity contribution in [1.29, 1.82) is 0 Å². The molecule has 0 saturated carbocycles. The van der Waals surface area contributed by atoms with E-state index in [1.807, 2.05) is 0 Å². The van der Waals surface area contributed by atoms with Crippen LogP contribution >= 0.6 is 0 Å². The van der Waals surface area contributed by atoms with Crippen LogP contribution in [0.2, 0.25) is 13.1 Å². The summed E-state index contributed by atoms with van der Waals surface area (Å²) >= 11 is 0. The Morgan fingerprint density at radius 2 is 1.24 bits per heavy atom. The molecule has 1 atom stereocenters. The number of hydrogen-bond donors (Lipinski definition) is 0. The van der Waals surface area contributed by atoms with Crippen LogP contribution in [0.5, 0.6) is 0 Å². The molecule has 1 aliphatic rings. The van der Waals surface area contributed by atoms with Gasteiger partial charge in [0.15, 0.2) is 0 Å². The number of hydrogen-bond acceptors (Lipinski definition) is 3. The van der Waals surface area contributed by atoms with E-state index in [2.05, 4.69) is 96.8 Å². The highest BCUT2D eigenvalue weighted by Crippen LogP contribution is 2.46. The maximum atomic E-state index is 6.92. The van der Waals surface area contributed by atoms with Gasteiger partial charge in [-0.3, -0.25) is 0 Å². The molecule has 0 spiro atoms. The summed E-state index contributed by atoms with van der Waals surface area (Å²) in [6.07, 6.45) is 11.9. The molecule has 5 heteroatoms. The van der Waals surface area contributed by atoms with Crippen molar-refractivity contribution in [2.75, 3.05) is 13.1 Å². The summed E-state index contributed by atoms with van der Waals surface area (Å²) in [6.45, 7) is 22.9. The van der Waals surface area contributed by atoms with E-state index in [9.17, 15) is 0 Å². The SMILES string of the molecule is CCCCCCCCCCC(B1OC(C)(C)C(C)(C)O1)(N(CC)CC)[Si](C)(C)c1ccccc1. The highest BCUT2D eigenvalue weighted by Gasteiger charge is 2.66. The molecule has 1 heterocycles. The fourth-order valence-electron chi connectivity index (χ4n) is 5.89. The third-order valence-corrected chi connectivity index (χ3v) is 13.7. The number of nitrogens with zero attached hydrogens (tertiary/aromatic N) is 1. The van der Waals surface area contributed by atoms with Crippen LogP contribution in [-0.4, -0.2) is 49.4 Å². The first-order chi connectivity index (χ1) is 16.0. The Kier molecular flexibility index (Phi) is 10.9. The zero-order valence-electron chi connectivity index (χ0n) is 24.0. The van der Waals surface area contributed by atoms with Gasteiger partial charge in [-0.1, -0.05) is 121 Å². The largest absolute Gasteiger partial charge is 0.476 e. The van der Waals surface area contributed by atoms with Crippen LogP contribution in [0.1, 0.15) is 106 Å². The van der Waals surface area contributed by atoms with Crippen LogP contribution in [0.25, 0.3) is 0 Å². The smallest absolute Gasteiger partial charge is 0.402 e. The topological polar surface area (TPSA) is 21.7 Å². The van der Waals surface area contributed by atoms with Gasteiger partial charge in [0.25, 0.3) is 0 Å². The first kappa shape index (κ1) is 29.6.